The van der Waals surface area contributed by atoms with Gasteiger partial charge in [0.1, 0.15) is 0 Å². The van der Waals surface area contributed by atoms with Gasteiger partial charge < -0.3 is 23.7 Å². The number of ether oxygens (including phenoxy) is 5. The van der Waals surface area contributed by atoms with E-state index in [-0.39, 0.29) is 6.42 Å². The highest BCUT2D eigenvalue weighted by molar-refractivity contribution is 6.44. The summed E-state index contributed by atoms with van der Waals surface area (Å²) in [5.41, 5.74) is 0. The summed E-state index contributed by atoms with van der Waals surface area (Å²) in [6, 6.07) is 0. The highest BCUT2D eigenvalue weighted by atomic mass is 35.5. The molecule has 21 heavy (non-hydrogen) atoms. The van der Waals surface area contributed by atoms with Crippen LogP contribution in [-0.2, 0) is 28.5 Å². The van der Waals surface area contributed by atoms with Crippen molar-refractivity contribution in [1.29, 1.82) is 0 Å². The lowest BCUT2D eigenvalue weighted by Crippen LogP contribution is -2.62. The molecule has 0 saturated heterocycles. The molecule has 2 aliphatic carbocycles. The molecule has 122 valence electrons. The van der Waals surface area contributed by atoms with E-state index in [0.29, 0.717) is 6.61 Å². The maximum atomic E-state index is 13.0. The minimum absolute atomic E-state index is 0.182. The van der Waals surface area contributed by atoms with Crippen molar-refractivity contribution in [2.75, 3.05) is 35.0 Å². The van der Waals surface area contributed by atoms with Gasteiger partial charge in [0.15, 0.2) is 9.75 Å². The number of rotatable bonds is 6. The average molecular weight is 343 g/mol. The predicted octanol–water partition coefficient (Wildman–Crippen LogP) is 1.31. The molecule has 2 saturated carbocycles. The zero-order valence-electron chi connectivity index (χ0n) is 12.7. The van der Waals surface area contributed by atoms with Gasteiger partial charge in [0.2, 0.25) is 11.6 Å². The largest absolute Gasteiger partial charge is 0.376 e. The van der Waals surface area contributed by atoms with Crippen LogP contribution in [0.1, 0.15) is 13.3 Å². The van der Waals surface area contributed by atoms with E-state index in [1.54, 1.807) is 6.92 Å². The lowest BCUT2D eigenvalue weighted by Gasteiger charge is -2.42. The summed E-state index contributed by atoms with van der Waals surface area (Å²) in [6.07, 6.45) is -0.492. The highest BCUT2D eigenvalue weighted by Crippen LogP contribution is 2.69. The fourth-order valence-corrected chi connectivity index (χ4v) is 5.08. The first kappa shape index (κ1) is 17.4. The Kier molecular flexibility index (Phi) is 4.39. The molecular formula is C13H20Cl2O6. The van der Waals surface area contributed by atoms with Gasteiger partial charge >= 0.3 is 0 Å². The first-order valence-corrected chi connectivity index (χ1v) is 7.32. The molecular weight excluding hydrogens is 323 g/mol. The number of carbonyl (C=O) groups excluding carboxylic acids is 1. The van der Waals surface area contributed by atoms with E-state index < -0.39 is 33.2 Å². The summed E-state index contributed by atoms with van der Waals surface area (Å²) in [5, 5.41) is 0. The van der Waals surface area contributed by atoms with Crippen LogP contribution in [0.2, 0.25) is 0 Å². The Morgan fingerprint density at radius 2 is 1.62 bits per heavy atom. The van der Waals surface area contributed by atoms with E-state index in [1.165, 1.54) is 28.4 Å². The van der Waals surface area contributed by atoms with Crippen molar-refractivity contribution in [2.24, 2.45) is 0 Å². The maximum Gasteiger partial charge on any atom is 0.256 e. The molecule has 2 fully saturated rings. The molecule has 8 heteroatoms. The summed E-state index contributed by atoms with van der Waals surface area (Å²) in [6.45, 7) is 2.18. The summed E-state index contributed by atoms with van der Waals surface area (Å²) in [7, 11) is 5.41. The van der Waals surface area contributed by atoms with Crippen LogP contribution in [0.4, 0.5) is 0 Å². The van der Waals surface area contributed by atoms with E-state index in [4.69, 9.17) is 46.9 Å². The van der Waals surface area contributed by atoms with E-state index >= 15 is 0 Å². The lowest BCUT2D eigenvalue weighted by molar-refractivity contribution is -0.270. The van der Waals surface area contributed by atoms with Crippen molar-refractivity contribution in [2.45, 2.75) is 40.8 Å². The second kappa shape index (κ2) is 5.30. The molecule has 0 aliphatic heterocycles. The van der Waals surface area contributed by atoms with Gasteiger partial charge in [-0.25, -0.2) is 0 Å². The summed E-state index contributed by atoms with van der Waals surface area (Å²) in [5.74, 6) is -3.97. The molecule has 2 aliphatic rings. The SMILES string of the molecule is CCO[C@@H]1C[C@]2(Cl)C(OC)(OC)C(=O)[C@@]1(Cl)C2(OC)OC. The van der Waals surface area contributed by atoms with E-state index in [2.05, 4.69) is 0 Å². The Hall–Kier alpha value is 0.0500. The van der Waals surface area contributed by atoms with Gasteiger partial charge in [-0.3, -0.25) is 4.79 Å². The topological polar surface area (TPSA) is 63.2 Å². The van der Waals surface area contributed by atoms with Gasteiger partial charge in [0, 0.05) is 41.5 Å². The van der Waals surface area contributed by atoms with Crippen LogP contribution < -0.4 is 0 Å². The number of carbonyl (C=O) groups is 1. The quantitative estimate of drug-likeness (QED) is 0.535. The van der Waals surface area contributed by atoms with Crippen molar-refractivity contribution in [3.8, 4) is 0 Å². The minimum Gasteiger partial charge on any atom is -0.376 e. The summed E-state index contributed by atoms with van der Waals surface area (Å²) < 4.78 is 27.3. The number of Topliss-reactive ketones (excluding diaryl/α,β-unsaturated/α-hetero) is 1. The molecule has 2 rings (SSSR count). The Bertz CT molecular complexity index is 436. The number of fused-ring (bicyclic) bond motifs is 2. The monoisotopic (exact) mass is 342 g/mol. The third-order valence-electron chi connectivity index (χ3n) is 4.58. The molecule has 0 radical (unpaired) electrons. The number of ketones is 1. The number of hydrogen-bond donors (Lipinski definition) is 0. The molecule has 3 atom stereocenters. The fraction of sp³-hybridized carbons (Fsp3) is 0.923. The summed E-state index contributed by atoms with van der Waals surface area (Å²) in [4.78, 5) is 9.84. The standard InChI is InChI=1S/C13H20Cl2O6/c1-6-21-8-7-10(14)12(17-2,18-3)9(16)11(8,15)13(10,19-4)20-5/h8H,6-7H2,1-5H3/t8-,10+,11-/m1/s1. The Morgan fingerprint density at radius 3 is 2.00 bits per heavy atom. The van der Waals surface area contributed by atoms with Gasteiger partial charge in [0.05, 0.1) is 6.10 Å². The smallest absolute Gasteiger partial charge is 0.256 e. The molecule has 0 amide bonds. The first-order chi connectivity index (χ1) is 9.81. The molecule has 0 unspecified atom stereocenters. The molecule has 0 aromatic heterocycles. The Morgan fingerprint density at radius 1 is 1.10 bits per heavy atom. The molecule has 0 spiro atoms. The first-order valence-electron chi connectivity index (χ1n) is 6.56. The van der Waals surface area contributed by atoms with Gasteiger partial charge in [-0.05, 0) is 6.92 Å². The molecule has 0 heterocycles. The Labute approximate surface area is 133 Å². The van der Waals surface area contributed by atoms with Crippen LogP contribution in [0.3, 0.4) is 0 Å². The van der Waals surface area contributed by atoms with Crippen LogP contribution in [0.15, 0.2) is 0 Å². The molecule has 0 N–H and O–H groups in total. The van der Waals surface area contributed by atoms with E-state index in [9.17, 15) is 4.79 Å². The number of alkyl halides is 2. The van der Waals surface area contributed by atoms with E-state index in [0.717, 1.165) is 0 Å². The predicted molar refractivity (Wildman–Crippen MR) is 75.7 cm³/mol. The van der Waals surface area contributed by atoms with Crippen molar-refractivity contribution in [1.82, 2.24) is 0 Å². The third-order valence-corrected chi connectivity index (χ3v) is 5.90. The summed E-state index contributed by atoms with van der Waals surface area (Å²) >= 11 is 13.5. The van der Waals surface area contributed by atoms with Crippen LogP contribution in [-0.4, -0.2) is 68.3 Å². The Balaban J connectivity index is 2.71. The number of halogens is 2. The molecule has 6 nitrogen and oxygen atoms in total. The van der Waals surface area contributed by atoms with Crippen LogP contribution in [0.25, 0.3) is 0 Å². The maximum absolute atomic E-state index is 13.0. The second-order valence-electron chi connectivity index (χ2n) is 5.04. The number of hydrogen-bond acceptors (Lipinski definition) is 6. The van der Waals surface area contributed by atoms with Crippen LogP contribution >= 0.6 is 23.2 Å². The normalized spacial score (nSPS) is 40.0. The van der Waals surface area contributed by atoms with Gasteiger partial charge in [-0.15, -0.1) is 23.2 Å². The molecule has 2 bridgehead atoms. The fourth-order valence-electron chi connectivity index (χ4n) is 3.77. The van der Waals surface area contributed by atoms with Crippen molar-refractivity contribution in [3.05, 3.63) is 0 Å². The third kappa shape index (κ3) is 1.54. The van der Waals surface area contributed by atoms with E-state index in [1.807, 2.05) is 0 Å². The highest BCUT2D eigenvalue weighted by Gasteiger charge is 2.92. The van der Waals surface area contributed by atoms with Crippen molar-refractivity contribution in [3.63, 3.8) is 0 Å². The zero-order valence-corrected chi connectivity index (χ0v) is 14.2. The molecule has 0 aromatic carbocycles. The van der Waals surface area contributed by atoms with Crippen LogP contribution in [0.5, 0.6) is 0 Å². The second-order valence-corrected chi connectivity index (χ2v) is 6.28. The lowest BCUT2D eigenvalue weighted by atomic mass is 9.89. The minimum atomic E-state index is -1.77. The van der Waals surface area contributed by atoms with Gasteiger partial charge in [0.25, 0.3) is 5.79 Å². The molecule has 0 aromatic rings. The van der Waals surface area contributed by atoms with Gasteiger partial charge in [-0.2, -0.15) is 0 Å². The van der Waals surface area contributed by atoms with Crippen molar-refractivity contribution >= 4 is 29.0 Å². The van der Waals surface area contributed by atoms with Crippen molar-refractivity contribution < 1.29 is 28.5 Å². The zero-order chi connectivity index (χ0) is 16.1. The number of methoxy groups -OCH3 is 4. The average Bonchev–Trinajstić information content (AvgIpc) is 2.74. The van der Waals surface area contributed by atoms with Crippen LogP contribution in [0, 0.1) is 0 Å². The van der Waals surface area contributed by atoms with Gasteiger partial charge in [-0.1, -0.05) is 0 Å².